The second-order valence-electron chi connectivity index (χ2n) is 5.69. The third-order valence-corrected chi connectivity index (χ3v) is 3.71. The largest absolute Gasteiger partial charge is 0.306 e. The minimum absolute atomic E-state index is 0.513. The highest BCUT2D eigenvalue weighted by Crippen LogP contribution is 2.14. The Morgan fingerprint density at radius 1 is 1.00 bits per heavy atom. The van der Waals surface area contributed by atoms with Crippen LogP contribution in [0.4, 0.5) is 4.39 Å². The molecule has 3 heteroatoms. The van der Waals surface area contributed by atoms with Gasteiger partial charge in [-0.15, -0.1) is 0 Å². The third-order valence-electron chi connectivity index (χ3n) is 3.71. The van der Waals surface area contributed by atoms with Crippen LogP contribution in [0, 0.1) is 0 Å². The van der Waals surface area contributed by atoms with Crippen molar-refractivity contribution in [2.45, 2.75) is 58.2 Å². The van der Waals surface area contributed by atoms with Gasteiger partial charge in [0.1, 0.15) is 6.17 Å². The molecule has 2 heterocycles. The molecule has 2 nitrogen and oxygen atoms in total. The Kier molecular flexibility index (Phi) is 7.05. The summed E-state index contributed by atoms with van der Waals surface area (Å²) >= 11 is 0. The van der Waals surface area contributed by atoms with Gasteiger partial charge in [0.2, 0.25) is 0 Å². The number of hydrogen-bond donors (Lipinski definition) is 0. The average Bonchev–Trinajstić information content (AvgIpc) is 2.31. The molecule has 0 aromatic heterocycles. The number of alkyl halides is 1. The first-order valence-electron chi connectivity index (χ1n) is 7.16. The summed E-state index contributed by atoms with van der Waals surface area (Å²) in [7, 11) is 2.19. The average molecular weight is 244 g/mol. The molecule has 2 fully saturated rings. The van der Waals surface area contributed by atoms with Gasteiger partial charge in [-0.05, 0) is 66.2 Å². The van der Waals surface area contributed by atoms with Crippen LogP contribution in [0.3, 0.4) is 0 Å². The fourth-order valence-electron chi connectivity index (χ4n) is 2.47. The molecule has 2 aliphatic heterocycles. The van der Waals surface area contributed by atoms with Crippen LogP contribution in [-0.4, -0.2) is 55.2 Å². The molecule has 0 aromatic rings. The standard InChI is InChI=1S/C8H16FN.C6H13N/c1-7(2)10-5-3-4-8(9)6-10;1-7-5-3-2-4-6-7/h7-8H,3-6H2,1-2H3;2-6H2,1H3. The summed E-state index contributed by atoms with van der Waals surface area (Å²) in [4.78, 5) is 4.59. The Bertz CT molecular complexity index is 191. The summed E-state index contributed by atoms with van der Waals surface area (Å²) in [6.07, 6.45) is 5.50. The first kappa shape index (κ1) is 14.9. The van der Waals surface area contributed by atoms with E-state index >= 15 is 0 Å². The molecular weight excluding hydrogens is 215 g/mol. The Morgan fingerprint density at radius 3 is 2.00 bits per heavy atom. The molecule has 2 rings (SSSR count). The van der Waals surface area contributed by atoms with Gasteiger partial charge in [0.05, 0.1) is 0 Å². The molecule has 0 aliphatic carbocycles. The minimum Gasteiger partial charge on any atom is -0.306 e. The van der Waals surface area contributed by atoms with Crippen molar-refractivity contribution in [1.82, 2.24) is 9.80 Å². The zero-order valence-electron chi connectivity index (χ0n) is 11.8. The van der Waals surface area contributed by atoms with Crippen LogP contribution in [0.25, 0.3) is 0 Å². The number of hydrogen-bond acceptors (Lipinski definition) is 2. The van der Waals surface area contributed by atoms with Crippen LogP contribution < -0.4 is 0 Å². The summed E-state index contributed by atoms with van der Waals surface area (Å²) in [6, 6.07) is 0.513. The summed E-state index contributed by atoms with van der Waals surface area (Å²) in [5, 5.41) is 0. The lowest BCUT2D eigenvalue weighted by Crippen LogP contribution is -2.40. The van der Waals surface area contributed by atoms with E-state index in [1.54, 1.807) is 0 Å². The fraction of sp³-hybridized carbons (Fsp3) is 1.00. The van der Waals surface area contributed by atoms with E-state index in [0.29, 0.717) is 12.6 Å². The van der Waals surface area contributed by atoms with Crippen molar-refractivity contribution in [3.05, 3.63) is 0 Å². The molecule has 2 aliphatic rings. The molecule has 0 radical (unpaired) electrons. The zero-order valence-corrected chi connectivity index (χ0v) is 11.8. The van der Waals surface area contributed by atoms with Gasteiger partial charge in [-0.3, -0.25) is 4.90 Å². The number of nitrogens with zero attached hydrogens (tertiary/aromatic N) is 2. The minimum atomic E-state index is -0.573. The molecule has 102 valence electrons. The SMILES string of the molecule is CC(C)N1CCCC(F)C1.CN1CCCCC1. The molecule has 0 amide bonds. The molecule has 0 saturated carbocycles. The molecule has 0 bridgehead atoms. The van der Waals surface area contributed by atoms with E-state index in [-0.39, 0.29) is 0 Å². The van der Waals surface area contributed by atoms with E-state index in [4.69, 9.17) is 0 Å². The monoisotopic (exact) mass is 244 g/mol. The van der Waals surface area contributed by atoms with Crippen molar-refractivity contribution >= 4 is 0 Å². The molecule has 2 saturated heterocycles. The highest BCUT2D eigenvalue weighted by atomic mass is 19.1. The van der Waals surface area contributed by atoms with E-state index in [1.165, 1.54) is 32.4 Å². The highest BCUT2D eigenvalue weighted by Gasteiger charge is 2.20. The topological polar surface area (TPSA) is 6.48 Å². The highest BCUT2D eigenvalue weighted by molar-refractivity contribution is 4.74. The molecule has 0 spiro atoms. The van der Waals surface area contributed by atoms with Gasteiger partial charge in [0.25, 0.3) is 0 Å². The Hall–Kier alpha value is -0.150. The van der Waals surface area contributed by atoms with Crippen LogP contribution >= 0.6 is 0 Å². The normalized spacial score (nSPS) is 27.7. The van der Waals surface area contributed by atoms with Crippen molar-refractivity contribution in [2.75, 3.05) is 33.2 Å². The van der Waals surface area contributed by atoms with Gasteiger partial charge < -0.3 is 4.90 Å². The maximum Gasteiger partial charge on any atom is 0.113 e. The first-order valence-corrected chi connectivity index (χ1v) is 7.16. The van der Waals surface area contributed by atoms with Crippen molar-refractivity contribution in [3.63, 3.8) is 0 Å². The summed E-state index contributed by atoms with van der Waals surface area (Å²) in [5.74, 6) is 0. The summed E-state index contributed by atoms with van der Waals surface area (Å²) in [6.45, 7) is 8.62. The van der Waals surface area contributed by atoms with Crippen LogP contribution in [0.2, 0.25) is 0 Å². The van der Waals surface area contributed by atoms with Gasteiger partial charge in [-0.2, -0.15) is 0 Å². The van der Waals surface area contributed by atoms with E-state index in [9.17, 15) is 4.39 Å². The van der Waals surface area contributed by atoms with Crippen LogP contribution in [0.5, 0.6) is 0 Å². The van der Waals surface area contributed by atoms with Gasteiger partial charge >= 0.3 is 0 Å². The molecule has 0 aromatic carbocycles. The molecule has 17 heavy (non-hydrogen) atoms. The van der Waals surface area contributed by atoms with Gasteiger partial charge in [-0.1, -0.05) is 6.42 Å². The van der Waals surface area contributed by atoms with Crippen molar-refractivity contribution in [3.8, 4) is 0 Å². The lowest BCUT2D eigenvalue weighted by Gasteiger charge is -2.31. The quantitative estimate of drug-likeness (QED) is 0.700. The van der Waals surface area contributed by atoms with Gasteiger partial charge in [-0.25, -0.2) is 4.39 Å². The van der Waals surface area contributed by atoms with Gasteiger partial charge in [0.15, 0.2) is 0 Å². The van der Waals surface area contributed by atoms with E-state index < -0.39 is 6.17 Å². The molecule has 1 unspecified atom stereocenters. The number of likely N-dealkylation sites (tertiary alicyclic amines) is 2. The Morgan fingerprint density at radius 2 is 1.65 bits per heavy atom. The first-order chi connectivity index (χ1) is 8.09. The lowest BCUT2D eigenvalue weighted by molar-refractivity contribution is 0.112. The van der Waals surface area contributed by atoms with Gasteiger partial charge in [0, 0.05) is 12.6 Å². The summed E-state index contributed by atoms with van der Waals surface area (Å²) < 4.78 is 12.8. The fourth-order valence-corrected chi connectivity index (χ4v) is 2.47. The third kappa shape index (κ3) is 6.37. The van der Waals surface area contributed by atoms with Crippen LogP contribution in [-0.2, 0) is 0 Å². The predicted octanol–water partition coefficient (Wildman–Crippen LogP) is 2.93. The number of rotatable bonds is 1. The lowest BCUT2D eigenvalue weighted by atomic mass is 10.1. The summed E-state index contributed by atoms with van der Waals surface area (Å²) in [5.41, 5.74) is 0. The zero-order chi connectivity index (χ0) is 12.7. The van der Waals surface area contributed by atoms with Crippen LogP contribution in [0.15, 0.2) is 0 Å². The van der Waals surface area contributed by atoms with Crippen molar-refractivity contribution in [2.24, 2.45) is 0 Å². The Labute approximate surface area is 106 Å². The smallest absolute Gasteiger partial charge is 0.113 e. The van der Waals surface area contributed by atoms with Crippen molar-refractivity contribution < 1.29 is 4.39 Å². The molecule has 0 N–H and O–H groups in total. The second-order valence-corrected chi connectivity index (χ2v) is 5.69. The van der Waals surface area contributed by atoms with Crippen molar-refractivity contribution in [1.29, 1.82) is 0 Å². The maximum absolute atomic E-state index is 12.8. The van der Waals surface area contributed by atoms with Crippen LogP contribution in [0.1, 0.15) is 46.0 Å². The Balaban J connectivity index is 0.000000181. The number of piperidine rings is 2. The molecule has 1 atom stereocenters. The van der Waals surface area contributed by atoms with E-state index in [1.807, 2.05) is 0 Å². The maximum atomic E-state index is 12.8. The predicted molar refractivity (Wildman–Crippen MR) is 72.2 cm³/mol. The van der Waals surface area contributed by atoms with E-state index in [2.05, 4.69) is 30.7 Å². The molecular formula is C14H29FN2. The number of halogens is 1. The van der Waals surface area contributed by atoms with E-state index in [0.717, 1.165) is 19.4 Å². The second kappa shape index (κ2) is 8.04.